The van der Waals surface area contributed by atoms with Gasteiger partial charge in [0.25, 0.3) is 11.7 Å². The van der Waals surface area contributed by atoms with Crippen molar-refractivity contribution in [2.24, 2.45) is 0 Å². The van der Waals surface area contributed by atoms with E-state index in [9.17, 15) is 14.4 Å². The maximum absolute atomic E-state index is 12.8. The number of nitrogens with zero attached hydrogens (tertiary/aromatic N) is 2. The van der Waals surface area contributed by atoms with Crippen LogP contribution in [0.5, 0.6) is 5.75 Å². The maximum atomic E-state index is 12.8. The summed E-state index contributed by atoms with van der Waals surface area (Å²) in [5, 5.41) is 7.49. The Bertz CT molecular complexity index is 1220. The molecule has 0 bridgehead atoms. The van der Waals surface area contributed by atoms with Crippen LogP contribution in [0.3, 0.4) is 0 Å². The number of ether oxygens (including phenoxy) is 2. The number of amides is 1. The highest BCUT2D eigenvalue weighted by Crippen LogP contribution is 2.31. The Morgan fingerprint density at radius 2 is 1.76 bits per heavy atom. The molecule has 3 rings (SSSR count). The van der Waals surface area contributed by atoms with Crippen LogP contribution in [0.15, 0.2) is 42.5 Å². The van der Waals surface area contributed by atoms with Gasteiger partial charge in [-0.2, -0.15) is 5.10 Å². The van der Waals surface area contributed by atoms with E-state index in [1.807, 2.05) is 30.3 Å². The molecule has 8 nitrogen and oxygen atoms in total. The summed E-state index contributed by atoms with van der Waals surface area (Å²) in [5.41, 5.74) is 2.89. The van der Waals surface area contributed by atoms with Crippen LogP contribution in [0.4, 0.5) is 5.69 Å². The number of methoxy groups -OCH3 is 1. The number of aromatic nitrogens is 2. The molecule has 0 radical (unpaired) electrons. The molecular weight excluding hydrogens is 446 g/mol. The highest BCUT2D eigenvalue weighted by Gasteiger charge is 2.29. The molecular formula is C24H24ClN3O5. The van der Waals surface area contributed by atoms with Crippen molar-refractivity contribution >= 4 is 34.9 Å². The summed E-state index contributed by atoms with van der Waals surface area (Å²) < 4.78 is 12.0. The van der Waals surface area contributed by atoms with Gasteiger partial charge in [-0.05, 0) is 51.5 Å². The molecule has 33 heavy (non-hydrogen) atoms. The van der Waals surface area contributed by atoms with Crippen molar-refractivity contribution in [1.29, 1.82) is 0 Å². The second kappa shape index (κ2) is 9.87. The van der Waals surface area contributed by atoms with Gasteiger partial charge >= 0.3 is 5.97 Å². The molecule has 1 atom stereocenters. The number of para-hydroxylation sites is 1. The number of hydrogen-bond donors (Lipinski definition) is 1. The van der Waals surface area contributed by atoms with Gasteiger partial charge in [0.1, 0.15) is 5.75 Å². The van der Waals surface area contributed by atoms with Crippen molar-refractivity contribution in [3.05, 3.63) is 70.0 Å². The zero-order valence-electron chi connectivity index (χ0n) is 18.9. The molecule has 1 unspecified atom stereocenters. The van der Waals surface area contributed by atoms with Crippen LogP contribution in [-0.4, -0.2) is 40.7 Å². The monoisotopic (exact) mass is 469 g/mol. The molecule has 0 aliphatic carbocycles. The highest BCUT2D eigenvalue weighted by atomic mass is 35.5. The number of hydrogen-bond acceptors (Lipinski definition) is 6. The third kappa shape index (κ3) is 5.06. The largest absolute Gasteiger partial charge is 0.495 e. The standard InChI is InChI=1S/C24H24ClN3O5/c1-13-11-19(20(32-5)12-18(13)25)26-23(30)16(4)33-24(31)22(29)21-14(2)27-28(15(21)3)17-9-7-6-8-10-17/h6-12,16H,1-5H3,(H,26,30). The minimum Gasteiger partial charge on any atom is -0.495 e. The number of Topliss-reactive ketones (excluding diaryl/α,β-unsaturated/α-hetero) is 1. The molecule has 0 spiro atoms. The van der Waals surface area contributed by atoms with Crippen LogP contribution < -0.4 is 10.1 Å². The average Bonchev–Trinajstić information content (AvgIpc) is 3.09. The van der Waals surface area contributed by atoms with Gasteiger partial charge in [0.2, 0.25) is 0 Å². The number of anilines is 1. The minimum atomic E-state index is -1.23. The average molecular weight is 470 g/mol. The molecule has 2 aromatic carbocycles. The number of esters is 1. The molecule has 172 valence electrons. The zero-order valence-corrected chi connectivity index (χ0v) is 19.7. The predicted octanol–water partition coefficient (Wildman–Crippen LogP) is 4.21. The molecule has 0 aliphatic heterocycles. The third-order valence-electron chi connectivity index (χ3n) is 5.10. The normalized spacial score (nSPS) is 11.6. The van der Waals surface area contributed by atoms with Gasteiger partial charge in [0, 0.05) is 11.1 Å². The van der Waals surface area contributed by atoms with E-state index >= 15 is 0 Å². The summed E-state index contributed by atoms with van der Waals surface area (Å²) >= 11 is 6.09. The fraction of sp³-hybridized carbons (Fsp3) is 0.250. The first kappa shape index (κ1) is 24.0. The topological polar surface area (TPSA) is 99.5 Å². The Kier molecular flexibility index (Phi) is 7.18. The van der Waals surface area contributed by atoms with Gasteiger partial charge < -0.3 is 14.8 Å². The maximum Gasteiger partial charge on any atom is 0.380 e. The lowest BCUT2D eigenvalue weighted by atomic mass is 10.1. The summed E-state index contributed by atoms with van der Waals surface area (Å²) in [5.74, 6) is -2.28. The number of benzene rings is 2. The number of nitrogens with one attached hydrogen (secondary N) is 1. The van der Waals surface area contributed by atoms with Crippen LogP contribution in [0.2, 0.25) is 5.02 Å². The van der Waals surface area contributed by atoms with E-state index in [1.165, 1.54) is 14.0 Å². The number of halogens is 1. The first-order valence-electron chi connectivity index (χ1n) is 10.2. The van der Waals surface area contributed by atoms with Crippen molar-refractivity contribution < 1.29 is 23.9 Å². The molecule has 0 fully saturated rings. The quantitative estimate of drug-likeness (QED) is 0.316. The summed E-state index contributed by atoms with van der Waals surface area (Å²) in [6.07, 6.45) is -1.23. The van der Waals surface area contributed by atoms with Gasteiger partial charge in [-0.25, -0.2) is 9.48 Å². The lowest BCUT2D eigenvalue weighted by Gasteiger charge is -2.16. The van der Waals surface area contributed by atoms with Gasteiger partial charge in [-0.3, -0.25) is 9.59 Å². The second-order valence-corrected chi connectivity index (χ2v) is 7.87. The molecule has 0 aliphatic rings. The Labute approximate surface area is 196 Å². The van der Waals surface area contributed by atoms with Crippen molar-refractivity contribution in [3.63, 3.8) is 0 Å². The fourth-order valence-corrected chi connectivity index (χ4v) is 3.48. The number of ketones is 1. The van der Waals surface area contributed by atoms with Gasteiger partial charge in [0.05, 0.1) is 35.4 Å². The first-order chi connectivity index (χ1) is 15.6. The van der Waals surface area contributed by atoms with Gasteiger partial charge in [0.15, 0.2) is 6.10 Å². The van der Waals surface area contributed by atoms with Gasteiger partial charge in [-0.15, -0.1) is 0 Å². The molecule has 0 saturated heterocycles. The van der Waals surface area contributed by atoms with E-state index in [-0.39, 0.29) is 5.56 Å². The third-order valence-corrected chi connectivity index (χ3v) is 5.50. The smallest absolute Gasteiger partial charge is 0.380 e. The van der Waals surface area contributed by atoms with E-state index in [0.717, 1.165) is 11.3 Å². The van der Waals surface area contributed by atoms with E-state index < -0.39 is 23.8 Å². The summed E-state index contributed by atoms with van der Waals surface area (Å²) in [6.45, 7) is 6.49. The van der Waals surface area contributed by atoms with Crippen LogP contribution in [0, 0.1) is 20.8 Å². The first-order valence-corrected chi connectivity index (χ1v) is 10.5. The fourth-order valence-electron chi connectivity index (χ4n) is 3.33. The van der Waals surface area contributed by atoms with Crippen LogP contribution >= 0.6 is 11.6 Å². The molecule has 1 heterocycles. The van der Waals surface area contributed by atoms with E-state index in [0.29, 0.717) is 27.8 Å². The zero-order chi connectivity index (χ0) is 24.3. The summed E-state index contributed by atoms with van der Waals surface area (Å²) in [7, 11) is 1.44. The van der Waals surface area contributed by atoms with Crippen molar-refractivity contribution in [1.82, 2.24) is 9.78 Å². The lowest BCUT2D eigenvalue weighted by Crippen LogP contribution is -2.33. The van der Waals surface area contributed by atoms with E-state index in [1.54, 1.807) is 37.6 Å². The number of carbonyl (C=O) groups excluding carboxylic acids is 3. The Morgan fingerprint density at radius 1 is 1.09 bits per heavy atom. The molecule has 1 N–H and O–H groups in total. The molecule has 3 aromatic rings. The Morgan fingerprint density at radius 3 is 2.39 bits per heavy atom. The van der Waals surface area contributed by atoms with Crippen molar-refractivity contribution in [3.8, 4) is 11.4 Å². The molecule has 1 aromatic heterocycles. The molecule has 1 amide bonds. The Hall–Kier alpha value is -3.65. The number of aryl methyl sites for hydroxylation is 2. The van der Waals surface area contributed by atoms with Crippen molar-refractivity contribution in [2.75, 3.05) is 12.4 Å². The highest BCUT2D eigenvalue weighted by molar-refractivity contribution is 6.41. The number of rotatable bonds is 7. The predicted molar refractivity (Wildman–Crippen MR) is 124 cm³/mol. The van der Waals surface area contributed by atoms with Crippen LogP contribution in [0.1, 0.15) is 34.2 Å². The van der Waals surface area contributed by atoms with Crippen molar-refractivity contribution in [2.45, 2.75) is 33.8 Å². The SMILES string of the molecule is COc1cc(Cl)c(C)cc1NC(=O)C(C)OC(=O)C(=O)c1c(C)nn(-c2ccccc2)c1C. The number of carbonyl (C=O) groups is 3. The van der Waals surface area contributed by atoms with E-state index in [4.69, 9.17) is 21.1 Å². The summed E-state index contributed by atoms with van der Waals surface area (Å²) in [6, 6.07) is 12.5. The van der Waals surface area contributed by atoms with E-state index in [2.05, 4.69) is 10.4 Å². The van der Waals surface area contributed by atoms with Gasteiger partial charge in [-0.1, -0.05) is 29.8 Å². The second-order valence-electron chi connectivity index (χ2n) is 7.46. The Balaban J connectivity index is 1.74. The molecule has 0 saturated carbocycles. The molecule has 9 heteroatoms. The summed E-state index contributed by atoms with van der Waals surface area (Å²) in [4.78, 5) is 38.0. The van der Waals surface area contributed by atoms with Crippen LogP contribution in [0.25, 0.3) is 5.69 Å². The minimum absolute atomic E-state index is 0.145. The van der Waals surface area contributed by atoms with Crippen LogP contribution in [-0.2, 0) is 14.3 Å². The lowest BCUT2D eigenvalue weighted by molar-refractivity contribution is -0.148.